The molecule has 0 aliphatic carbocycles. The van der Waals surface area contributed by atoms with Crippen LogP contribution in [0, 0.1) is 0 Å². The summed E-state index contributed by atoms with van der Waals surface area (Å²) in [6.45, 7) is 3.28. The zero-order valence-corrected chi connectivity index (χ0v) is 19.2. The molecular formula is C21H17Br2NO6. The number of hydrogen-bond donors (Lipinski definition) is 1. The quantitative estimate of drug-likeness (QED) is 0.283. The predicted molar refractivity (Wildman–Crippen MR) is 118 cm³/mol. The average Bonchev–Trinajstić information content (AvgIpc) is 2.66. The van der Waals surface area contributed by atoms with E-state index in [2.05, 4.69) is 37.2 Å². The van der Waals surface area contributed by atoms with Gasteiger partial charge in [0.25, 0.3) is 5.91 Å². The first-order valence-corrected chi connectivity index (χ1v) is 10.5. The summed E-state index contributed by atoms with van der Waals surface area (Å²) in [4.78, 5) is 36.3. The van der Waals surface area contributed by atoms with Crippen molar-refractivity contribution in [1.82, 2.24) is 5.32 Å². The molecule has 0 spiro atoms. The van der Waals surface area contributed by atoms with Crippen LogP contribution < -0.4 is 20.4 Å². The number of esters is 1. The molecule has 30 heavy (non-hydrogen) atoms. The van der Waals surface area contributed by atoms with Gasteiger partial charge in [-0.1, -0.05) is 15.9 Å². The summed E-state index contributed by atoms with van der Waals surface area (Å²) in [6, 6.07) is 11.2. The number of halogens is 2. The minimum Gasteiger partial charge on any atom is -0.481 e. The molecule has 1 heterocycles. The first-order chi connectivity index (χ1) is 14.2. The maximum absolute atomic E-state index is 12.1. The maximum atomic E-state index is 12.1. The Labute approximate surface area is 188 Å². The van der Waals surface area contributed by atoms with Gasteiger partial charge in [-0.3, -0.25) is 4.79 Å². The third-order valence-electron chi connectivity index (χ3n) is 3.84. The standard InChI is InChI=1S/C21H17Br2NO6/c1-11(2)24-20(26)15-7-12-3-5-14(9-18(12)30-21(15)27)29-19(25)10-28-17-6-4-13(22)8-16(17)23/h3-9,11H,10H2,1-2H3,(H,24,26). The van der Waals surface area contributed by atoms with E-state index >= 15 is 0 Å². The number of nitrogens with one attached hydrogen (secondary N) is 1. The second-order valence-corrected chi connectivity index (χ2v) is 8.38. The summed E-state index contributed by atoms with van der Waals surface area (Å²) in [5.74, 6) is -0.452. The minimum absolute atomic E-state index is 0.0885. The summed E-state index contributed by atoms with van der Waals surface area (Å²) in [6.07, 6.45) is 0. The van der Waals surface area contributed by atoms with Gasteiger partial charge in [-0.2, -0.15) is 0 Å². The summed E-state index contributed by atoms with van der Waals surface area (Å²) < 4.78 is 17.5. The molecule has 1 aromatic heterocycles. The summed E-state index contributed by atoms with van der Waals surface area (Å²) in [5.41, 5.74) is -0.662. The van der Waals surface area contributed by atoms with E-state index in [1.165, 1.54) is 12.1 Å². The van der Waals surface area contributed by atoms with Crippen molar-refractivity contribution in [2.45, 2.75) is 19.9 Å². The van der Waals surface area contributed by atoms with Gasteiger partial charge < -0.3 is 19.2 Å². The van der Waals surface area contributed by atoms with Crippen molar-refractivity contribution in [3.05, 3.63) is 67.4 Å². The maximum Gasteiger partial charge on any atom is 0.349 e. The number of rotatable bonds is 6. The third kappa shape index (κ3) is 5.48. The van der Waals surface area contributed by atoms with Crippen molar-refractivity contribution >= 4 is 54.7 Å². The smallest absolute Gasteiger partial charge is 0.349 e. The molecule has 1 N–H and O–H groups in total. The Morgan fingerprint density at radius 1 is 1.10 bits per heavy atom. The number of carbonyl (C=O) groups is 2. The highest BCUT2D eigenvalue weighted by molar-refractivity contribution is 9.11. The fraction of sp³-hybridized carbons (Fsp3) is 0.190. The Morgan fingerprint density at radius 3 is 2.57 bits per heavy atom. The van der Waals surface area contributed by atoms with Crippen LogP contribution in [0.15, 0.2) is 60.6 Å². The number of ether oxygens (including phenoxy) is 2. The number of benzene rings is 2. The first-order valence-electron chi connectivity index (χ1n) is 8.90. The van der Waals surface area contributed by atoms with Gasteiger partial charge in [0.1, 0.15) is 22.6 Å². The second-order valence-electron chi connectivity index (χ2n) is 6.61. The summed E-state index contributed by atoms with van der Waals surface area (Å²) in [7, 11) is 0. The van der Waals surface area contributed by atoms with Crippen LogP contribution in [0.5, 0.6) is 11.5 Å². The molecular weight excluding hydrogens is 522 g/mol. The van der Waals surface area contributed by atoms with E-state index in [9.17, 15) is 14.4 Å². The Morgan fingerprint density at radius 2 is 1.87 bits per heavy atom. The lowest BCUT2D eigenvalue weighted by atomic mass is 10.1. The highest BCUT2D eigenvalue weighted by atomic mass is 79.9. The summed E-state index contributed by atoms with van der Waals surface area (Å²) in [5, 5.41) is 3.17. The van der Waals surface area contributed by atoms with Crippen LogP contribution in [-0.4, -0.2) is 24.5 Å². The molecule has 0 unspecified atom stereocenters. The lowest BCUT2D eigenvalue weighted by molar-refractivity contribution is -0.136. The van der Waals surface area contributed by atoms with E-state index in [1.807, 2.05) is 0 Å². The zero-order chi connectivity index (χ0) is 21.8. The molecule has 0 bridgehead atoms. The van der Waals surface area contributed by atoms with E-state index < -0.39 is 17.5 Å². The van der Waals surface area contributed by atoms with Crippen molar-refractivity contribution in [3.8, 4) is 11.5 Å². The fourth-order valence-electron chi connectivity index (χ4n) is 2.54. The van der Waals surface area contributed by atoms with E-state index in [0.29, 0.717) is 15.6 Å². The number of hydrogen-bond acceptors (Lipinski definition) is 6. The van der Waals surface area contributed by atoms with Gasteiger partial charge in [-0.05, 0) is 66.2 Å². The molecule has 0 saturated heterocycles. The van der Waals surface area contributed by atoms with Crippen LogP contribution in [0.1, 0.15) is 24.2 Å². The molecule has 9 heteroatoms. The van der Waals surface area contributed by atoms with Crippen LogP contribution in [0.4, 0.5) is 0 Å². The number of carbonyl (C=O) groups excluding carboxylic acids is 2. The van der Waals surface area contributed by atoms with Crippen LogP contribution in [0.2, 0.25) is 0 Å². The topological polar surface area (TPSA) is 94.8 Å². The van der Waals surface area contributed by atoms with Crippen LogP contribution >= 0.6 is 31.9 Å². The molecule has 0 radical (unpaired) electrons. The molecule has 156 valence electrons. The highest BCUT2D eigenvalue weighted by Gasteiger charge is 2.15. The van der Waals surface area contributed by atoms with Gasteiger partial charge in [0.2, 0.25) is 0 Å². The highest BCUT2D eigenvalue weighted by Crippen LogP contribution is 2.28. The second kappa shape index (κ2) is 9.44. The largest absolute Gasteiger partial charge is 0.481 e. The van der Waals surface area contributed by atoms with E-state index in [0.717, 1.165) is 4.47 Å². The lowest BCUT2D eigenvalue weighted by Crippen LogP contribution is -2.33. The number of fused-ring (bicyclic) bond motifs is 1. The lowest BCUT2D eigenvalue weighted by Gasteiger charge is -2.09. The fourth-order valence-corrected chi connectivity index (χ4v) is 3.70. The van der Waals surface area contributed by atoms with Gasteiger partial charge in [0.15, 0.2) is 6.61 Å². The van der Waals surface area contributed by atoms with Crippen molar-refractivity contribution in [2.24, 2.45) is 0 Å². The van der Waals surface area contributed by atoms with Gasteiger partial charge in [0.05, 0.1) is 4.47 Å². The van der Waals surface area contributed by atoms with E-state index in [-0.39, 0.29) is 29.5 Å². The normalized spacial score (nSPS) is 10.8. The molecule has 2 aromatic carbocycles. The van der Waals surface area contributed by atoms with Crippen molar-refractivity contribution < 1.29 is 23.5 Å². The number of amides is 1. The molecule has 7 nitrogen and oxygen atoms in total. The molecule has 1 amide bonds. The van der Waals surface area contributed by atoms with Crippen molar-refractivity contribution in [1.29, 1.82) is 0 Å². The Balaban J connectivity index is 1.71. The van der Waals surface area contributed by atoms with Crippen molar-refractivity contribution in [3.63, 3.8) is 0 Å². The van der Waals surface area contributed by atoms with Crippen LogP contribution in [-0.2, 0) is 4.79 Å². The zero-order valence-electron chi connectivity index (χ0n) is 16.0. The molecule has 3 rings (SSSR count). The predicted octanol–water partition coefficient (Wildman–Crippen LogP) is 4.44. The molecule has 0 atom stereocenters. The van der Waals surface area contributed by atoms with Gasteiger partial charge >= 0.3 is 11.6 Å². The molecule has 0 aliphatic heterocycles. The SMILES string of the molecule is CC(C)NC(=O)c1cc2ccc(OC(=O)COc3ccc(Br)cc3Br)cc2oc1=O. The van der Waals surface area contributed by atoms with Gasteiger partial charge in [-0.25, -0.2) is 9.59 Å². The van der Waals surface area contributed by atoms with E-state index in [1.54, 1.807) is 44.2 Å². The minimum atomic E-state index is -0.771. The molecule has 0 fully saturated rings. The van der Waals surface area contributed by atoms with Crippen LogP contribution in [0.3, 0.4) is 0 Å². The average molecular weight is 539 g/mol. The van der Waals surface area contributed by atoms with E-state index in [4.69, 9.17) is 13.9 Å². The molecule has 0 saturated carbocycles. The molecule has 3 aromatic rings. The van der Waals surface area contributed by atoms with Gasteiger partial charge in [-0.15, -0.1) is 0 Å². The summed E-state index contributed by atoms with van der Waals surface area (Å²) >= 11 is 6.69. The Kier molecular flexibility index (Phi) is 6.94. The Hall–Kier alpha value is -2.65. The monoisotopic (exact) mass is 537 g/mol. The Bertz CT molecular complexity index is 1170. The van der Waals surface area contributed by atoms with Crippen LogP contribution in [0.25, 0.3) is 11.0 Å². The first kappa shape index (κ1) is 22.0. The molecule has 0 aliphatic rings. The third-order valence-corrected chi connectivity index (χ3v) is 4.96. The van der Waals surface area contributed by atoms with Gasteiger partial charge in [0, 0.05) is 22.0 Å². The van der Waals surface area contributed by atoms with Crippen molar-refractivity contribution in [2.75, 3.05) is 6.61 Å².